The van der Waals surface area contributed by atoms with E-state index >= 15 is 0 Å². The minimum Gasteiger partial charge on any atom is -0.456 e. The van der Waals surface area contributed by atoms with Crippen LogP contribution in [0.4, 0.5) is 0 Å². The molecule has 0 aliphatic carbocycles. The van der Waals surface area contributed by atoms with E-state index in [0.29, 0.717) is 5.92 Å². The second-order valence-electron chi connectivity index (χ2n) is 5.77. The molecule has 21 heavy (non-hydrogen) atoms. The molecule has 112 valence electrons. The van der Waals surface area contributed by atoms with Crippen LogP contribution in [0.2, 0.25) is 0 Å². The van der Waals surface area contributed by atoms with Crippen LogP contribution in [0.25, 0.3) is 0 Å². The Bertz CT molecular complexity index is 591. The molecule has 3 heteroatoms. The first-order chi connectivity index (χ1) is 9.95. The maximum atomic E-state index is 5.93. The average Bonchev–Trinajstić information content (AvgIpc) is 2.42. The lowest BCUT2D eigenvalue weighted by Gasteiger charge is -2.12. The van der Waals surface area contributed by atoms with Crippen molar-refractivity contribution >= 4 is 15.9 Å². The van der Waals surface area contributed by atoms with Crippen molar-refractivity contribution in [3.05, 3.63) is 58.1 Å². The molecule has 0 aliphatic heterocycles. The maximum absolute atomic E-state index is 5.93. The lowest BCUT2D eigenvalue weighted by atomic mass is 10.0. The van der Waals surface area contributed by atoms with E-state index in [4.69, 9.17) is 10.5 Å². The number of ether oxygens (including phenoxy) is 1. The van der Waals surface area contributed by atoms with Crippen molar-refractivity contribution in [2.24, 2.45) is 5.73 Å². The molecule has 0 aromatic heterocycles. The lowest BCUT2D eigenvalue weighted by Crippen LogP contribution is -2.17. The van der Waals surface area contributed by atoms with Gasteiger partial charge >= 0.3 is 0 Å². The summed E-state index contributed by atoms with van der Waals surface area (Å²) in [7, 11) is 0. The summed E-state index contributed by atoms with van der Waals surface area (Å²) in [5, 5.41) is 0. The molecule has 2 aromatic carbocycles. The third kappa shape index (κ3) is 4.58. The standard InChI is InChI=1S/C18H22BrNO/c1-12(2)15-5-7-16(8-6-15)21-18-9-4-14(10-13(3)20)11-17(18)19/h4-9,11-13H,10,20H2,1-3H3. The number of nitrogens with two attached hydrogens (primary N) is 1. The molecule has 0 heterocycles. The summed E-state index contributed by atoms with van der Waals surface area (Å²) < 4.78 is 6.88. The van der Waals surface area contributed by atoms with Gasteiger partial charge in [-0.15, -0.1) is 0 Å². The van der Waals surface area contributed by atoms with Crippen molar-refractivity contribution in [1.29, 1.82) is 0 Å². The van der Waals surface area contributed by atoms with Gasteiger partial charge in [0.25, 0.3) is 0 Å². The highest BCUT2D eigenvalue weighted by Crippen LogP contribution is 2.31. The van der Waals surface area contributed by atoms with Crippen LogP contribution in [0.5, 0.6) is 11.5 Å². The fourth-order valence-corrected chi connectivity index (χ4v) is 2.68. The molecule has 0 amide bonds. The molecule has 1 atom stereocenters. The average molecular weight is 348 g/mol. The Morgan fingerprint density at radius 3 is 2.24 bits per heavy atom. The van der Waals surface area contributed by atoms with E-state index < -0.39 is 0 Å². The van der Waals surface area contributed by atoms with Gasteiger partial charge in [-0.1, -0.05) is 32.0 Å². The Kier molecular flexibility index (Phi) is 5.43. The summed E-state index contributed by atoms with van der Waals surface area (Å²) in [6.45, 7) is 6.38. The zero-order valence-corrected chi connectivity index (χ0v) is 14.4. The van der Waals surface area contributed by atoms with E-state index in [1.807, 2.05) is 25.1 Å². The molecule has 2 rings (SSSR count). The predicted molar refractivity (Wildman–Crippen MR) is 92.1 cm³/mol. The van der Waals surface area contributed by atoms with Crippen LogP contribution in [0, 0.1) is 0 Å². The van der Waals surface area contributed by atoms with Crippen LogP contribution in [0.3, 0.4) is 0 Å². The van der Waals surface area contributed by atoms with Crippen LogP contribution >= 0.6 is 15.9 Å². The Labute approximate surface area is 135 Å². The predicted octanol–water partition coefficient (Wildman–Crippen LogP) is 5.25. The lowest BCUT2D eigenvalue weighted by molar-refractivity contribution is 0.479. The highest BCUT2D eigenvalue weighted by atomic mass is 79.9. The second kappa shape index (κ2) is 7.10. The van der Waals surface area contributed by atoms with E-state index in [1.165, 1.54) is 11.1 Å². The van der Waals surface area contributed by atoms with Gasteiger partial charge in [0.15, 0.2) is 0 Å². The highest BCUT2D eigenvalue weighted by Gasteiger charge is 2.06. The molecule has 0 spiro atoms. The SMILES string of the molecule is CC(N)Cc1ccc(Oc2ccc(C(C)C)cc2)c(Br)c1. The number of halogens is 1. The van der Waals surface area contributed by atoms with Crippen LogP contribution in [0.15, 0.2) is 46.9 Å². The maximum Gasteiger partial charge on any atom is 0.141 e. The molecular weight excluding hydrogens is 326 g/mol. The second-order valence-corrected chi connectivity index (χ2v) is 6.63. The van der Waals surface area contributed by atoms with Crippen LogP contribution in [-0.4, -0.2) is 6.04 Å². The highest BCUT2D eigenvalue weighted by molar-refractivity contribution is 9.10. The van der Waals surface area contributed by atoms with E-state index in [-0.39, 0.29) is 6.04 Å². The Hall–Kier alpha value is -1.32. The van der Waals surface area contributed by atoms with E-state index in [0.717, 1.165) is 22.4 Å². The molecule has 2 aromatic rings. The fourth-order valence-electron chi connectivity index (χ4n) is 2.17. The third-order valence-electron chi connectivity index (χ3n) is 3.33. The topological polar surface area (TPSA) is 35.2 Å². The zero-order valence-electron chi connectivity index (χ0n) is 12.8. The number of rotatable bonds is 5. The van der Waals surface area contributed by atoms with Gasteiger partial charge in [-0.2, -0.15) is 0 Å². The molecule has 0 radical (unpaired) electrons. The summed E-state index contributed by atoms with van der Waals surface area (Å²) in [6.07, 6.45) is 0.863. The first kappa shape index (κ1) is 16.1. The molecule has 0 bridgehead atoms. The van der Waals surface area contributed by atoms with Crippen molar-refractivity contribution in [3.63, 3.8) is 0 Å². The minimum atomic E-state index is 0.159. The van der Waals surface area contributed by atoms with Crippen LogP contribution in [0.1, 0.15) is 37.8 Å². The van der Waals surface area contributed by atoms with E-state index in [2.05, 4.69) is 54.0 Å². The number of hydrogen-bond donors (Lipinski definition) is 1. The quantitative estimate of drug-likeness (QED) is 0.800. The van der Waals surface area contributed by atoms with Gasteiger partial charge in [-0.05, 0) is 70.6 Å². The van der Waals surface area contributed by atoms with Crippen molar-refractivity contribution in [3.8, 4) is 11.5 Å². The molecule has 0 saturated heterocycles. The van der Waals surface area contributed by atoms with Crippen LogP contribution < -0.4 is 10.5 Å². The summed E-state index contributed by atoms with van der Waals surface area (Å²) in [5.74, 6) is 2.20. The van der Waals surface area contributed by atoms with Gasteiger partial charge in [-0.25, -0.2) is 0 Å². The minimum absolute atomic E-state index is 0.159. The summed E-state index contributed by atoms with van der Waals surface area (Å²) >= 11 is 3.57. The summed E-state index contributed by atoms with van der Waals surface area (Å²) in [5.41, 5.74) is 8.35. The first-order valence-corrected chi connectivity index (χ1v) is 8.07. The van der Waals surface area contributed by atoms with Gasteiger partial charge in [0.2, 0.25) is 0 Å². The molecule has 0 aliphatic rings. The van der Waals surface area contributed by atoms with Crippen molar-refractivity contribution in [1.82, 2.24) is 0 Å². The summed E-state index contributed by atoms with van der Waals surface area (Å²) in [6, 6.07) is 14.5. The summed E-state index contributed by atoms with van der Waals surface area (Å²) in [4.78, 5) is 0. The fraction of sp³-hybridized carbons (Fsp3) is 0.333. The zero-order chi connectivity index (χ0) is 15.4. The van der Waals surface area contributed by atoms with Gasteiger partial charge in [0.05, 0.1) is 4.47 Å². The Balaban J connectivity index is 2.12. The van der Waals surface area contributed by atoms with Crippen molar-refractivity contribution in [2.75, 3.05) is 0 Å². The molecule has 2 nitrogen and oxygen atoms in total. The molecule has 0 saturated carbocycles. The van der Waals surface area contributed by atoms with Gasteiger partial charge in [-0.3, -0.25) is 0 Å². The number of hydrogen-bond acceptors (Lipinski definition) is 2. The Morgan fingerprint density at radius 1 is 1.05 bits per heavy atom. The third-order valence-corrected chi connectivity index (χ3v) is 3.95. The Morgan fingerprint density at radius 2 is 1.71 bits per heavy atom. The van der Waals surface area contributed by atoms with E-state index in [9.17, 15) is 0 Å². The van der Waals surface area contributed by atoms with Gasteiger partial charge in [0, 0.05) is 6.04 Å². The van der Waals surface area contributed by atoms with Crippen molar-refractivity contribution in [2.45, 2.75) is 39.2 Å². The normalized spacial score (nSPS) is 12.5. The largest absolute Gasteiger partial charge is 0.456 e. The first-order valence-electron chi connectivity index (χ1n) is 7.27. The smallest absolute Gasteiger partial charge is 0.141 e. The monoisotopic (exact) mass is 347 g/mol. The van der Waals surface area contributed by atoms with Gasteiger partial charge < -0.3 is 10.5 Å². The van der Waals surface area contributed by atoms with Crippen LogP contribution in [-0.2, 0) is 6.42 Å². The molecular formula is C18H22BrNO. The van der Waals surface area contributed by atoms with Crippen molar-refractivity contribution < 1.29 is 4.74 Å². The molecule has 0 fully saturated rings. The molecule has 2 N–H and O–H groups in total. The van der Waals surface area contributed by atoms with E-state index in [1.54, 1.807) is 0 Å². The molecule has 1 unspecified atom stereocenters. The number of benzene rings is 2. The van der Waals surface area contributed by atoms with Gasteiger partial charge in [0.1, 0.15) is 11.5 Å².